The molecule has 3 heterocycles. The molecule has 0 bridgehead atoms. The number of aromatic nitrogens is 2. The maximum Gasteiger partial charge on any atom is 0.269 e. The zero-order chi connectivity index (χ0) is 18.7. The molecule has 7 heteroatoms. The fourth-order valence-electron chi connectivity index (χ4n) is 2.88. The summed E-state index contributed by atoms with van der Waals surface area (Å²) in [5, 5.41) is 6.58. The Balaban J connectivity index is 2.06. The summed E-state index contributed by atoms with van der Waals surface area (Å²) in [4.78, 5) is 15.0. The molecule has 4 nitrogen and oxygen atoms in total. The van der Waals surface area contributed by atoms with Gasteiger partial charge in [-0.15, -0.1) is 11.3 Å². The van der Waals surface area contributed by atoms with Crippen LogP contribution in [0.5, 0.6) is 0 Å². The minimum atomic E-state index is 0.0935. The van der Waals surface area contributed by atoms with Crippen molar-refractivity contribution < 1.29 is 4.57 Å². The van der Waals surface area contributed by atoms with Crippen molar-refractivity contribution in [3.05, 3.63) is 58.3 Å². The Morgan fingerprint density at radius 3 is 2.69 bits per heavy atom. The van der Waals surface area contributed by atoms with E-state index in [1.807, 2.05) is 17.6 Å². The molecule has 0 spiro atoms. The molecule has 3 rings (SSSR count). The van der Waals surface area contributed by atoms with Gasteiger partial charge >= 0.3 is 0 Å². The van der Waals surface area contributed by atoms with Crippen molar-refractivity contribution in [1.29, 1.82) is 0 Å². The van der Waals surface area contributed by atoms with Crippen LogP contribution in [0.2, 0.25) is 0 Å². The van der Waals surface area contributed by atoms with Gasteiger partial charge in [0.05, 0.1) is 21.0 Å². The van der Waals surface area contributed by atoms with Crippen LogP contribution in [0.3, 0.4) is 0 Å². The third-order valence-corrected chi connectivity index (χ3v) is 7.28. The lowest BCUT2D eigenvalue weighted by molar-refractivity contribution is -0.690. The molecular formula is C19H24N3OS3+. The third kappa shape index (κ3) is 3.75. The normalized spacial score (nSPS) is 17.6. The standard InChI is InChI=1S/C19H24N3OS3/c1-5-20-10-11-24-17(20)12-18-22(7-3)19(23)15(26-18)8-9-16-21(6-2)14(4)13-25-16/h8-13H,5-7H2,1-4H3/q+1/b15-8+,16-9?. The monoisotopic (exact) mass is 406 g/mol. The van der Waals surface area contributed by atoms with Gasteiger partial charge in [0.25, 0.3) is 10.6 Å². The Bertz CT molecular complexity index is 1020. The van der Waals surface area contributed by atoms with E-state index in [1.165, 1.54) is 15.7 Å². The molecule has 2 aromatic rings. The molecule has 0 unspecified atom stereocenters. The lowest BCUT2D eigenvalue weighted by Crippen LogP contribution is -2.34. The summed E-state index contributed by atoms with van der Waals surface area (Å²) in [6.07, 6.45) is 8.25. The van der Waals surface area contributed by atoms with E-state index in [9.17, 15) is 4.79 Å². The Hall–Kier alpha value is -1.57. The second-order valence-electron chi connectivity index (χ2n) is 5.82. The van der Waals surface area contributed by atoms with Crippen molar-refractivity contribution in [1.82, 2.24) is 9.47 Å². The van der Waals surface area contributed by atoms with E-state index in [2.05, 4.69) is 59.4 Å². The number of thiazole rings is 2. The third-order valence-electron chi connectivity index (χ3n) is 4.29. The van der Waals surface area contributed by atoms with Crippen molar-refractivity contribution in [2.45, 2.75) is 40.8 Å². The number of hydrogen-bond donors (Lipinski definition) is 0. The van der Waals surface area contributed by atoms with Crippen molar-refractivity contribution in [2.75, 3.05) is 6.54 Å². The van der Waals surface area contributed by atoms with Gasteiger partial charge in [0.2, 0.25) is 0 Å². The van der Waals surface area contributed by atoms with Crippen LogP contribution in [0.15, 0.2) is 38.6 Å². The van der Waals surface area contributed by atoms with Crippen LogP contribution in [-0.4, -0.2) is 16.0 Å². The molecule has 138 valence electrons. The highest BCUT2D eigenvalue weighted by Crippen LogP contribution is 2.33. The fourth-order valence-corrected chi connectivity index (χ4v) is 5.83. The molecule has 2 aromatic heterocycles. The predicted octanol–water partition coefficient (Wildman–Crippen LogP) is 2.68. The largest absolute Gasteiger partial charge is 0.340 e. The minimum Gasteiger partial charge on any atom is -0.340 e. The Morgan fingerprint density at radius 2 is 2.00 bits per heavy atom. The van der Waals surface area contributed by atoms with Crippen LogP contribution >= 0.6 is 34.4 Å². The van der Waals surface area contributed by atoms with Crippen LogP contribution in [0.25, 0.3) is 12.2 Å². The summed E-state index contributed by atoms with van der Waals surface area (Å²) >= 11 is 4.98. The molecule has 0 aliphatic carbocycles. The van der Waals surface area contributed by atoms with Gasteiger partial charge in [-0.3, -0.25) is 9.36 Å². The van der Waals surface area contributed by atoms with Crippen molar-refractivity contribution in [3.8, 4) is 0 Å². The molecule has 0 amide bonds. The second kappa shape index (κ2) is 8.41. The van der Waals surface area contributed by atoms with Gasteiger partial charge in [0, 0.05) is 18.8 Å². The van der Waals surface area contributed by atoms with Gasteiger partial charge in [-0.05, 0) is 45.3 Å². The van der Waals surface area contributed by atoms with E-state index in [4.69, 9.17) is 0 Å². The highest BCUT2D eigenvalue weighted by atomic mass is 32.2. The van der Waals surface area contributed by atoms with E-state index in [0.717, 1.165) is 22.3 Å². The SMILES string of the molecule is CCN1C(C)=CSC1=C/C=c1/sc(=Cc2scc[n+]2CC)n(CC)c1=O. The van der Waals surface area contributed by atoms with Crippen LogP contribution in [0.4, 0.5) is 0 Å². The van der Waals surface area contributed by atoms with Gasteiger partial charge in [0.15, 0.2) is 6.20 Å². The van der Waals surface area contributed by atoms with Crippen molar-refractivity contribution >= 4 is 46.6 Å². The van der Waals surface area contributed by atoms with Gasteiger partial charge in [0.1, 0.15) is 11.2 Å². The Kier molecular flexibility index (Phi) is 6.21. The lowest BCUT2D eigenvalue weighted by Gasteiger charge is -2.18. The molecule has 0 saturated carbocycles. The molecule has 0 radical (unpaired) electrons. The number of thioether (sulfide) groups is 1. The molecule has 1 aliphatic heterocycles. The van der Waals surface area contributed by atoms with E-state index in [1.54, 1.807) is 34.4 Å². The zero-order valence-electron chi connectivity index (χ0n) is 15.6. The first kappa shape index (κ1) is 19.2. The quantitative estimate of drug-likeness (QED) is 0.715. The first-order valence-corrected chi connectivity index (χ1v) is 11.4. The average molecular weight is 407 g/mol. The van der Waals surface area contributed by atoms with E-state index in [0.29, 0.717) is 6.54 Å². The molecule has 1 aliphatic rings. The predicted molar refractivity (Wildman–Crippen MR) is 114 cm³/mol. The minimum absolute atomic E-state index is 0.0935. The molecule has 0 fully saturated rings. The maximum atomic E-state index is 12.8. The number of nitrogens with zero attached hydrogens (tertiary/aromatic N) is 3. The molecule has 0 atom stereocenters. The zero-order valence-corrected chi connectivity index (χ0v) is 18.0. The van der Waals surface area contributed by atoms with Crippen LogP contribution in [0.1, 0.15) is 32.7 Å². The fraction of sp³-hybridized carbons (Fsp3) is 0.368. The summed E-state index contributed by atoms with van der Waals surface area (Å²) in [6, 6.07) is 0. The molecule has 0 saturated heterocycles. The summed E-state index contributed by atoms with van der Waals surface area (Å²) in [5.41, 5.74) is 1.35. The lowest BCUT2D eigenvalue weighted by atomic mass is 10.4. The first-order valence-electron chi connectivity index (χ1n) is 8.80. The van der Waals surface area contributed by atoms with Crippen LogP contribution in [0, 0.1) is 0 Å². The highest BCUT2D eigenvalue weighted by molar-refractivity contribution is 8.06. The maximum absolute atomic E-state index is 12.8. The number of hydrogen-bond acceptors (Lipinski definition) is 5. The number of allylic oxidation sites excluding steroid dienone is 2. The Morgan fingerprint density at radius 1 is 1.19 bits per heavy atom. The highest BCUT2D eigenvalue weighted by Gasteiger charge is 2.15. The summed E-state index contributed by atoms with van der Waals surface area (Å²) < 4.78 is 5.85. The van der Waals surface area contributed by atoms with Crippen molar-refractivity contribution in [2.24, 2.45) is 0 Å². The number of aryl methyl sites for hydroxylation is 1. The van der Waals surface area contributed by atoms with Gasteiger partial charge < -0.3 is 4.90 Å². The average Bonchev–Trinajstić information content (AvgIpc) is 3.31. The van der Waals surface area contributed by atoms with E-state index >= 15 is 0 Å². The number of rotatable bonds is 5. The van der Waals surface area contributed by atoms with Crippen LogP contribution in [-0.2, 0) is 13.1 Å². The Labute approximate surface area is 166 Å². The molecule has 0 aromatic carbocycles. The summed E-state index contributed by atoms with van der Waals surface area (Å²) in [7, 11) is 0. The molecular weight excluding hydrogens is 382 g/mol. The molecule has 0 N–H and O–H groups in total. The van der Waals surface area contributed by atoms with E-state index < -0.39 is 0 Å². The van der Waals surface area contributed by atoms with Gasteiger partial charge in [-0.1, -0.05) is 23.1 Å². The van der Waals surface area contributed by atoms with Gasteiger partial charge in [-0.2, -0.15) is 4.57 Å². The van der Waals surface area contributed by atoms with Crippen LogP contribution < -0.4 is 19.3 Å². The summed E-state index contributed by atoms with van der Waals surface area (Å²) in [5.74, 6) is 0. The van der Waals surface area contributed by atoms with E-state index in [-0.39, 0.29) is 5.56 Å². The van der Waals surface area contributed by atoms with Crippen molar-refractivity contribution in [3.63, 3.8) is 0 Å². The summed E-state index contributed by atoms with van der Waals surface area (Å²) in [6.45, 7) is 11.0. The topological polar surface area (TPSA) is 29.1 Å². The molecule has 26 heavy (non-hydrogen) atoms. The second-order valence-corrected chi connectivity index (χ2v) is 8.70. The smallest absolute Gasteiger partial charge is 0.269 e. The van der Waals surface area contributed by atoms with Gasteiger partial charge in [-0.25, -0.2) is 0 Å². The first-order chi connectivity index (χ1) is 12.6.